The lowest BCUT2D eigenvalue weighted by Crippen LogP contribution is -2.30. The fourth-order valence-corrected chi connectivity index (χ4v) is 2.67. The van der Waals surface area contributed by atoms with Crippen molar-refractivity contribution in [1.29, 1.82) is 0 Å². The van der Waals surface area contributed by atoms with Gasteiger partial charge in [-0.2, -0.15) is 0 Å². The third-order valence-corrected chi connectivity index (χ3v) is 3.58. The predicted octanol–water partition coefficient (Wildman–Crippen LogP) is 3.35. The van der Waals surface area contributed by atoms with E-state index in [1.807, 2.05) is 38.2 Å². The first-order valence-electron chi connectivity index (χ1n) is 6.12. The second-order valence-corrected chi connectivity index (χ2v) is 4.81. The number of rotatable bonds is 2. The topological polar surface area (TPSA) is 20.3 Å². The lowest BCUT2D eigenvalue weighted by Gasteiger charge is -2.19. The van der Waals surface area contributed by atoms with Crippen molar-refractivity contribution in [2.75, 3.05) is 11.9 Å². The van der Waals surface area contributed by atoms with Crippen LogP contribution in [0.25, 0.3) is 0 Å². The summed E-state index contributed by atoms with van der Waals surface area (Å²) in [6.45, 7) is 5.84. The molecule has 0 aliphatic carbocycles. The highest BCUT2D eigenvalue weighted by atomic mass is 16.2. The number of carbonyl (C=O) groups is 1. The van der Waals surface area contributed by atoms with Gasteiger partial charge in [0.1, 0.15) is 0 Å². The summed E-state index contributed by atoms with van der Waals surface area (Å²) in [5.74, 6) is 0.703. The van der Waals surface area contributed by atoms with Gasteiger partial charge in [0.15, 0.2) is 0 Å². The molecule has 0 bridgehead atoms. The Morgan fingerprint density at radius 3 is 2.88 bits per heavy atom. The van der Waals surface area contributed by atoms with Crippen LogP contribution in [0.5, 0.6) is 0 Å². The Hall–Kier alpha value is -1.57. The van der Waals surface area contributed by atoms with Crippen LogP contribution in [0.4, 0.5) is 5.69 Å². The summed E-state index contributed by atoms with van der Waals surface area (Å²) in [5.41, 5.74) is 2.32. The van der Waals surface area contributed by atoms with Gasteiger partial charge < -0.3 is 4.90 Å². The largest absolute Gasteiger partial charge is 0.315 e. The Labute approximate surface area is 103 Å². The Morgan fingerprint density at radius 2 is 2.18 bits per heavy atom. The number of nitrogens with zero attached hydrogens (tertiary/aromatic N) is 1. The highest BCUT2D eigenvalue weighted by molar-refractivity contribution is 5.96. The highest BCUT2D eigenvalue weighted by Gasteiger charge is 2.29. The van der Waals surface area contributed by atoms with E-state index < -0.39 is 0 Å². The lowest BCUT2D eigenvalue weighted by atomic mass is 9.88. The van der Waals surface area contributed by atoms with Gasteiger partial charge in [0.05, 0.1) is 0 Å². The van der Waals surface area contributed by atoms with Gasteiger partial charge in [-0.05, 0) is 30.4 Å². The lowest BCUT2D eigenvalue weighted by molar-refractivity contribution is -0.121. The summed E-state index contributed by atoms with van der Waals surface area (Å²) in [6.07, 6.45) is 3.79. The second kappa shape index (κ2) is 4.74. The van der Waals surface area contributed by atoms with E-state index in [0.717, 1.165) is 18.5 Å². The monoisotopic (exact) mass is 229 g/mol. The van der Waals surface area contributed by atoms with E-state index in [1.165, 1.54) is 5.56 Å². The van der Waals surface area contributed by atoms with Crippen LogP contribution in [0.15, 0.2) is 36.9 Å². The Kier molecular flexibility index (Phi) is 3.32. The van der Waals surface area contributed by atoms with Gasteiger partial charge in [-0.15, -0.1) is 6.58 Å². The zero-order valence-electron chi connectivity index (χ0n) is 10.5. The molecule has 0 saturated heterocycles. The second-order valence-electron chi connectivity index (χ2n) is 4.81. The zero-order chi connectivity index (χ0) is 12.4. The van der Waals surface area contributed by atoms with Crippen LogP contribution in [0, 0.1) is 5.92 Å². The molecule has 2 heteroatoms. The summed E-state index contributed by atoms with van der Waals surface area (Å²) in [5, 5.41) is 0. The summed E-state index contributed by atoms with van der Waals surface area (Å²) in [7, 11) is 1.87. The molecule has 17 heavy (non-hydrogen) atoms. The van der Waals surface area contributed by atoms with Crippen LogP contribution in [0.3, 0.4) is 0 Å². The molecule has 2 unspecified atom stereocenters. The van der Waals surface area contributed by atoms with Crippen molar-refractivity contribution in [3.05, 3.63) is 42.5 Å². The van der Waals surface area contributed by atoms with Crippen molar-refractivity contribution in [1.82, 2.24) is 0 Å². The van der Waals surface area contributed by atoms with Crippen LogP contribution in [0.2, 0.25) is 0 Å². The quantitative estimate of drug-likeness (QED) is 0.712. The molecule has 0 spiro atoms. The van der Waals surface area contributed by atoms with Gasteiger partial charge in [0.2, 0.25) is 5.91 Å². The van der Waals surface area contributed by atoms with E-state index in [4.69, 9.17) is 0 Å². The van der Waals surface area contributed by atoms with Crippen molar-refractivity contribution in [3.8, 4) is 0 Å². The Bertz CT molecular complexity index is 438. The molecule has 0 aromatic heterocycles. The predicted molar refractivity (Wildman–Crippen MR) is 71.2 cm³/mol. The van der Waals surface area contributed by atoms with Crippen LogP contribution in [-0.4, -0.2) is 13.0 Å². The SMILES string of the molecule is C=CCC1CC(C)C(=O)N(C)c2ccccc21. The molecule has 1 amide bonds. The van der Waals surface area contributed by atoms with Crippen molar-refractivity contribution in [2.24, 2.45) is 5.92 Å². The molecule has 1 aromatic carbocycles. The Morgan fingerprint density at radius 1 is 1.47 bits per heavy atom. The third-order valence-electron chi connectivity index (χ3n) is 3.58. The van der Waals surface area contributed by atoms with E-state index in [2.05, 4.69) is 12.6 Å². The van der Waals surface area contributed by atoms with E-state index in [0.29, 0.717) is 5.92 Å². The van der Waals surface area contributed by atoms with E-state index in [1.54, 1.807) is 4.90 Å². The molecule has 0 fully saturated rings. The molecular weight excluding hydrogens is 210 g/mol. The molecule has 1 aliphatic rings. The van der Waals surface area contributed by atoms with Gasteiger partial charge in [-0.25, -0.2) is 0 Å². The number of fused-ring (bicyclic) bond motifs is 1. The van der Waals surface area contributed by atoms with Gasteiger partial charge in [0, 0.05) is 18.7 Å². The molecule has 0 radical (unpaired) electrons. The van der Waals surface area contributed by atoms with Gasteiger partial charge in [0.25, 0.3) is 0 Å². The average molecular weight is 229 g/mol. The number of allylic oxidation sites excluding steroid dienone is 1. The first kappa shape index (κ1) is 11.9. The molecule has 0 N–H and O–H groups in total. The summed E-state index contributed by atoms with van der Waals surface area (Å²) < 4.78 is 0. The fraction of sp³-hybridized carbons (Fsp3) is 0.400. The number of hydrogen-bond donors (Lipinski definition) is 0. The minimum Gasteiger partial charge on any atom is -0.315 e. The van der Waals surface area contributed by atoms with Crippen LogP contribution in [0.1, 0.15) is 31.2 Å². The first-order chi connectivity index (χ1) is 8.15. The molecule has 1 heterocycles. The molecule has 90 valence electrons. The number of anilines is 1. The van der Waals surface area contributed by atoms with Crippen LogP contribution in [-0.2, 0) is 4.79 Å². The maximum absolute atomic E-state index is 12.2. The fourth-order valence-electron chi connectivity index (χ4n) is 2.67. The molecular formula is C15H19NO. The van der Waals surface area contributed by atoms with Gasteiger partial charge >= 0.3 is 0 Å². The van der Waals surface area contributed by atoms with E-state index in [9.17, 15) is 4.79 Å². The van der Waals surface area contributed by atoms with Crippen molar-refractivity contribution < 1.29 is 4.79 Å². The Balaban J connectivity index is 2.49. The molecule has 2 nitrogen and oxygen atoms in total. The summed E-state index contributed by atoms with van der Waals surface area (Å²) in [4.78, 5) is 14.0. The maximum atomic E-state index is 12.2. The molecule has 2 atom stereocenters. The molecule has 2 rings (SSSR count). The van der Waals surface area contributed by atoms with Crippen molar-refractivity contribution in [2.45, 2.75) is 25.7 Å². The first-order valence-corrected chi connectivity index (χ1v) is 6.12. The highest BCUT2D eigenvalue weighted by Crippen LogP contribution is 2.38. The van der Waals surface area contributed by atoms with Crippen molar-refractivity contribution >= 4 is 11.6 Å². The molecule has 1 aromatic rings. The van der Waals surface area contributed by atoms with Crippen LogP contribution >= 0.6 is 0 Å². The minimum absolute atomic E-state index is 0.0809. The number of hydrogen-bond acceptors (Lipinski definition) is 1. The van der Waals surface area contributed by atoms with Crippen molar-refractivity contribution in [3.63, 3.8) is 0 Å². The number of benzene rings is 1. The average Bonchev–Trinajstić information content (AvgIpc) is 2.43. The van der Waals surface area contributed by atoms with Crippen LogP contribution < -0.4 is 4.90 Å². The molecule has 1 aliphatic heterocycles. The normalized spacial score (nSPS) is 24.1. The zero-order valence-corrected chi connectivity index (χ0v) is 10.5. The smallest absolute Gasteiger partial charge is 0.229 e. The van der Waals surface area contributed by atoms with E-state index in [-0.39, 0.29) is 11.8 Å². The minimum atomic E-state index is 0.0809. The number of para-hydroxylation sites is 1. The maximum Gasteiger partial charge on any atom is 0.229 e. The standard InChI is InChI=1S/C15H19NO/c1-4-7-12-10-11(2)15(17)16(3)14-9-6-5-8-13(12)14/h4-6,8-9,11-12H,1,7,10H2,2-3H3. The van der Waals surface area contributed by atoms with Gasteiger partial charge in [-0.3, -0.25) is 4.79 Å². The summed E-state index contributed by atoms with van der Waals surface area (Å²) >= 11 is 0. The summed E-state index contributed by atoms with van der Waals surface area (Å²) in [6, 6.07) is 8.19. The van der Waals surface area contributed by atoms with Gasteiger partial charge in [-0.1, -0.05) is 31.2 Å². The number of carbonyl (C=O) groups excluding carboxylic acids is 1. The third kappa shape index (κ3) is 2.12. The number of amides is 1. The molecule has 0 saturated carbocycles. The van der Waals surface area contributed by atoms with E-state index >= 15 is 0 Å².